The Balaban J connectivity index is 2.11. The number of benzene rings is 1. The van der Waals surface area contributed by atoms with E-state index in [9.17, 15) is 17.6 Å². The number of alkyl halides is 3. The van der Waals surface area contributed by atoms with Gasteiger partial charge in [-0.25, -0.2) is 14.1 Å². The van der Waals surface area contributed by atoms with E-state index >= 15 is 0 Å². The lowest BCUT2D eigenvalue weighted by Crippen LogP contribution is -2.08. The molecule has 0 fully saturated rings. The van der Waals surface area contributed by atoms with E-state index in [1.165, 1.54) is 41.3 Å². The van der Waals surface area contributed by atoms with Gasteiger partial charge in [-0.05, 0) is 48.4 Å². The quantitative estimate of drug-likeness (QED) is 0.406. The molecule has 144 valence electrons. The van der Waals surface area contributed by atoms with Gasteiger partial charge in [0.1, 0.15) is 11.5 Å². The SMILES string of the molecule is CC(C)c1nn(-c2ccc(F)cc2)c2nc(-c3ccco3)cc(C(F)(F)F)c12. The first-order valence-corrected chi connectivity index (χ1v) is 8.56. The van der Waals surface area contributed by atoms with E-state index in [2.05, 4.69) is 10.1 Å². The summed E-state index contributed by atoms with van der Waals surface area (Å²) in [6, 6.07) is 9.42. The Bertz CT molecular complexity index is 1130. The Kier molecular flexibility index (Phi) is 4.21. The van der Waals surface area contributed by atoms with Crippen molar-refractivity contribution in [1.29, 1.82) is 0 Å². The summed E-state index contributed by atoms with van der Waals surface area (Å²) in [5.74, 6) is -0.517. The highest BCUT2D eigenvalue weighted by atomic mass is 19.4. The number of hydrogen-bond donors (Lipinski definition) is 0. The minimum absolute atomic E-state index is 0.0385. The van der Waals surface area contributed by atoms with E-state index in [4.69, 9.17) is 4.42 Å². The summed E-state index contributed by atoms with van der Waals surface area (Å²) < 4.78 is 61.6. The largest absolute Gasteiger partial charge is 0.463 e. The minimum Gasteiger partial charge on any atom is -0.463 e. The van der Waals surface area contributed by atoms with E-state index in [1.54, 1.807) is 19.9 Å². The number of pyridine rings is 1. The monoisotopic (exact) mass is 389 g/mol. The van der Waals surface area contributed by atoms with E-state index in [0.717, 1.165) is 6.07 Å². The first kappa shape index (κ1) is 18.2. The summed E-state index contributed by atoms with van der Waals surface area (Å²) in [5, 5.41) is 4.32. The predicted octanol–water partition coefficient (Wildman–Crippen LogP) is 5.96. The van der Waals surface area contributed by atoms with Gasteiger partial charge in [-0.2, -0.15) is 18.3 Å². The fourth-order valence-corrected chi connectivity index (χ4v) is 3.08. The summed E-state index contributed by atoms with van der Waals surface area (Å²) in [6.07, 6.45) is -3.24. The maximum absolute atomic E-state index is 13.9. The average Bonchev–Trinajstić information content (AvgIpc) is 3.28. The van der Waals surface area contributed by atoms with Crippen LogP contribution in [-0.4, -0.2) is 14.8 Å². The van der Waals surface area contributed by atoms with Crippen LogP contribution in [0.3, 0.4) is 0 Å². The number of aromatic nitrogens is 3. The molecule has 0 saturated carbocycles. The van der Waals surface area contributed by atoms with Gasteiger partial charge in [0.05, 0.1) is 28.6 Å². The van der Waals surface area contributed by atoms with Crippen LogP contribution in [0.5, 0.6) is 0 Å². The molecule has 0 bridgehead atoms. The highest BCUT2D eigenvalue weighted by Crippen LogP contribution is 2.40. The second-order valence-electron chi connectivity index (χ2n) is 6.66. The Morgan fingerprint density at radius 2 is 1.79 bits per heavy atom. The molecule has 1 aromatic carbocycles. The number of halogens is 4. The molecule has 0 aliphatic rings. The molecule has 0 aliphatic heterocycles. The van der Waals surface area contributed by atoms with Crippen LogP contribution in [0.25, 0.3) is 28.2 Å². The summed E-state index contributed by atoms with van der Waals surface area (Å²) in [4.78, 5) is 4.41. The standard InChI is InChI=1S/C20H15F4N3O/c1-11(2)18-17-14(20(22,23)24)10-15(16-4-3-9-28-16)25-19(17)27(26-18)13-7-5-12(21)6-8-13/h3-11H,1-2H3. The van der Waals surface area contributed by atoms with Gasteiger partial charge in [0.2, 0.25) is 0 Å². The number of rotatable bonds is 3. The second-order valence-corrected chi connectivity index (χ2v) is 6.66. The summed E-state index contributed by atoms with van der Waals surface area (Å²) in [7, 11) is 0. The molecule has 28 heavy (non-hydrogen) atoms. The summed E-state index contributed by atoms with van der Waals surface area (Å²) in [5.41, 5.74) is -0.0680. The Morgan fingerprint density at radius 3 is 2.36 bits per heavy atom. The average molecular weight is 389 g/mol. The highest BCUT2D eigenvalue weighted by molar-refractivity contribution is 5.87. The van der Waals surface area contributed by atoms with Crippen molar-refractivity contribution < 1.29 is 22.0 Å². The van der Waals surface area contributed by atoms with E-state index in [1.807, 2.05) is 0 Å². The molecular formula is C20H15F4N3O. The molecule has 0 saturated heterocycles. The molecule has 3 heterocycles. The van der Waals surface area contributed by atoms with Crippen molar-refractivity contribution in [2.24, 2.45) is 0 Å². The van der Waals surface area contributed by atoms with Crippen LogP contribution in [0.4, 0.5) is 17.6 Å². The van der Waals surface area contributed by atoms with Crippen LogP contribution in [0.1, 0.15) is 31.0 Å². The van der Waals surface area contributed by atoms with Crippen molar-refractivity contribution in [2.45, 2.75) is 25.9 Å². The van der Waals surface area contributed by atoms with E-state index in [-0.39, 0.29) is 34.1 Å². The summed E-state index contributed by atoms with van der Waals surface area (Å²) in [6.45, 7) is 3.52. The van der Waals surface area contributed by atoms with Gasteiger partial charge >= 0.3 is 6.18 Å². The molecule has 0 radical (unpaired) electrons. The third-order valence-electron chi connectivity index (χ3n) is 4.36. The lowest BCUT2D eigenvalue weighted by molar-refractivity contribution is -0.136. The Hall–Kier alpha value is -3.16. The van der Waals surface area contributed by atoms with Gasteiger partial charge in [0.15, 0.2) is 11.4 Å². The van der Waals surface area contributed by atoms with Crippen LogP contribution in [0, 0.1) is 5.82 Å². The minimum atomic E-state index is -4.61. The number of hydrogen-bond acceptors (Lipinski definition) is 3. The van der Waals surface area contributed by atoms with E-state index < -0.39 is 17.6 Å². The predicted molar refractivity (Wildman–Crippen MR) is 95.6 cm³/mol. The molecule has 8 heteroatoms. The van der Waals surface area contributed by atoms with E-state index in [0.29, 0.717) is 5.69 Å². The molecular weight excluding hydrogens is 374 g/mol. The fraction of sp³-hybridized carbons (Fsp3) is 0.200. The number of fused-ring (bicyclic) bond motifs is 1. The lowest BCUT2D eigenvalue weighted by Gasteiger charge is -2.12. The van der Waals surface area contributed by atoms with Crippen molar-refractivity contribution >= 4 is 11.0 Å². The molecule has 4 rings (SSSR count). The van der Waals surface area contributed by atoms with Crippen molar-refractivity contribution in [1.82, 2.24) is 14.8 Å². The van der Waals surface area contributed by atoms with Gasteiger partial charge in [-0.3, -0.25) is 0 Å². The highest BCUT2D eigenvalue weighted by Gasteiger charge is 2.37. The topological polar surface area (TPSA) is 43.9 Å². The van der Waals surface area contributed by atoms with Gasteiger partial charge in [-0.15, -0.1) is 0 Å². The van der Waals surface area contributed by atoms with Crippen LogP contribution in [-0.2, 0) is 6.18 Å². The molecule has 0 aliphatic carbocycles. The van der Waals surface area contributed by atoms with Crippen molar-refractivity contribution in [3.05, 3.63) is 65.8 Å². The van der Waals surface area contributed by atoms with Gasteiger partial charge in [0.25, 0.3) is 0 Å². The van der Waals surface area contributed by atoms with Crippen molar-refractivity contribution in [3.8, 4) is 17.1 Å². The zero-order chi connectivity index (χ0) is 20.1. The molecule has 0 spiro atoms. The van der Waals surface area contributed by atoms with Crippen molar-refractivity contribution in [3.63, 3.8) is 0 Å². The number of furan rings is 1. The van der Waals surface area contributed by atoms with Gasteiger partial charge in [-0.1, -0.05) is 13.8 Å². The zero-order valence-electron chi connectivity index (χ0n) is 15.0. The van der Waals surface area contributed by atoms with Crippen molar-refractivity contribution in [2.75, 3.05) is 0 Å². The van der Waals surface area contributed by atoms with Crippen LogP contribution in [0.2, 0.25) is 0 Å². The smallest absolute Gasteiger partial charge is 0.417 e. The molecule has 0 atom stereocenters. The maximum atomic E-state index is 13.9. The number of nitrogens with zero attached hydrogens (tertiary/aromatic N) is 3. The molecule has 3 aromatic heterocycles. The molecule has 0 amide bonds. The fourth-order valence-electron chi connectivity index (χ4n) is 3.08. The first-order chi connectivity index (χ1) is 13.3. The normalized spacial score (nSPS) is 12.2. The van der Waals surface area contributed by atoms with Crippen LogP contribution < -0.4 is 0 Å². The van der Waals surface area contributed by atoms with Gasteiger partial charge < -0.3 is 4.42 Å². The molecule has 0 N–H and O–H groups in total. The molecule has 0 unspecified atom stereocenters. The Morgan fingerprint density at radius 1 is 1.07 bits per heavy atom. The lowest BCUT2D eigenvalue weighted by atomic mass is 10.0. The zero-order valence-corrected chi connectivity index (χ0v) is 15.0. The summed E-state index contributed by atoms with van der Waals surface area (Å²) >= 11 is 0. The van der Waals surface area contributed by atoms with Crippen LogP contribution >= 0.6 is 0 Å². The second kappa shape index (κ2) is 6.47. The molecule has 4 aromatic rings. The molecule has 4 nitrogen and oxygen atoms in total. The van der Waals surface area contributed by atoms with Gasteiger partial charge in [0, 0.05) is 0 Å². The maximum Gasteiger partial charge on any atom is 0.417 e. The first-order valence-electron chi connectivity index (χ1n) is 8.56. The van der Waals surface area contributed by atoms with Crippen LogP contribution in [0.15, 0.2) is 53.1 Å². The Labute approximate surface area is 157 Å². The third kappa shape index (κ3) is 3.04. The third-order valence-corrected chi connectivity index (χ3v) is 4.36.